The molecule has 1 aromatic rings. The number of thioether (sulfide) groups is 1. The Labute approximate surface area is 167 Å². The van der Waals surface area contributed by atoms with Crippen LogP contribution in [-0.4, -0.2) is 29.9 Å². The SMILES string of the molecule is CCSCCOC(=O)C1=C(C)NC2=C(C(=O)CCC2)C1c1ccc(F)c(F)c1. The van der Waals surface area contributed by atoms with Gasteiger partial charge in [-0.15, -0.1) is 0 Å². The second-order valence-electron chi connectivity index (χ2n) is 6.77. The fourth-order valence-corrected chi connectivity index (χ4v) is 4.18. The van der Waals surface area contributed by atoms with Crippen LogP contribution in [0.15, 0.2) is 40.7 Å². The van der Waals surface area contributed by atoms with Gasteiger partial charge < -0.3 is 10.1 Å². The van der Waals surface area contributed by atoms with Crippen molar-refractivity contribution in [3.8, 4) is 0 Å². The summed E-state index contributed by atoms with van der Waals surface area (Å²) >= 11 is 1.65. The van der Waals surface area contributed by atoms with Gasteiger partial charge in [-0.2, -0.15) is 11.8 Å². The van der Waals surface area contributed by atoms with E-state index < -0.39 is 23.5 Å². The maximum atomic E-state index is 13.9. The van der Waals surface area contributed by atoms with Crippen LogP contribution in [-0.2, 0) is 14.3 Å². The minimum absolute atomic E-state index is 0.0807. The lowest BCUT2D eigenvalue weighted by atomic mass is 9.75. The zero-order chi connectivity index (χ0) is 20.3. The number of hydrogen-bond donors (Lipinski definition) is 1. The first-order valence-electron chi connectivity index (χ1n) is 9.37. The van der Waals surface area contributed by atoms with Gasteiger partial charge in [-0.1, -0.05) is 13.0 Å². The first kappa shape index (κ1) is 20.6. The molecule has 0 fully saturated rings. The summed E-state index contributed by atoms with van der Waals surface area (Å²) in [6.45, 7) is 4.01. The highest BCUT2D eigenvalue weighted by atomic mass is 32.2. The van der Waals surface area contributed by atoms with Crippen molar-refractivity contribution in [3.05, 3.63) is 57.9 Å². The molecule has 1 atom stereocenters. The number of hydrogen-bond acceptors (Lipinski definition) is 5. The van der Waals surface area contributed by atoms with Crippen molar-refractivity contribution in [2.75, 3.05) is 18.1 Å². The lowest BCUT2D eigenvalue weighted by Gasteiger charge is -2.34. The summed E-state index contributed by atoms with van der Waals surface area (Å²) in [5, 5.41) is 3.17. The number of Topliss-reactive ketones (excluding diaryl/α,β-unsaturated/α-hetero) is 1. The Morgan fingerprint density at radius 3 is 2.79 bits per heavy atom. The molecular weight excluding hydrogens is 384 g/mol. The third-order valence-corrected chi connectivity index (χ3v) is 5.80. The van der Waals surface area contributed by atoms with E-state index in [0.717, 1.165) is 30.0 Å². The number of esters is 1. The summed E-state index contributed by atoms with van der Waals surface area (Å²) in [7, 11) is 0. The smallest absolute Gasteiger partial charge is 0.336 e. The van der Waals surface area contributed by atoms with Gasteiger partial charge in [0.2, 0.25) is 0 Å². The topological polar surface area (TPSA) is 55.4 Å². The van der Waals surface area contributed by atoms with Crippen molar-refractivity contribution < 1.29 is 23.1 Å². The number of halogens is 2. The first-order valence-corrected chi connectivity index (χ1v) is 10.5. The molecule has 2 aliphatic rings. The summed E-state index contributed by atoms with van der Waals surface area (Å²) in [6.07, 6.45) is 1.76. The highest BCUT2D eigenvalue weighted by Gasteiger charge is 2.39. The average Bonchev–Trinajstić information content (AvgIpc) is 2.66. The van der Waals surface area contributed by atoms with E-state index in [1.807, 2.05) is 6.92 Å². The number of rotatable bonds is 6. The number of carbonyl (C=O) groups excluding carboxylic acids is 2. The Kier molecular flexibility index (Phi) is 6.54. The van der Waals surface area contributed by atoms with Crippen molar-refractivity contribution in [1.82, 2.24) is 5.32 Å². The molecule has 0 radical (unpaired) electrons. The van der Waals surface area contributed by atoms with Gasteiger partial charge in [0.15, 0.2) is 17.4 Å². The molecule has 0 amide bonds. The third-order valence-electron chi connectivity index (χ3n) is 4.94. The molecule has 1 N–H and O–H groups in total. The van der Waals surface area contributed by atoms with E-state index in [4.69, 9.17) is 4.74 Å². The van der Waals surface area contributed by atoms with Gasteiger partial charge >= 0.3 is 5.97 Å². The second-order valence-corrected chi connectivity index (χ2v) is 8.17. The maximum absolute atomic E-state index is 13.9. The van der Waals surface area contributed by atoms with Crippen LogP contribution in [0.2, 0.25) is 0 Å². The Bertz CT molecular complexity index is 863. The number of dihydropyridines is 1. The van der Waals surface area contributed by atoms with E-state index in [-0.39, 0.29) is 18.0 Å². The standard InChI is InChI=1S/C21H23F2NO3S/c1-3-28-10-9-27-21(26)18-12(2)24-16-5-4-6-17(25)20(16)19(18)13-7-8-14(22)15(23)11-13/h7-8,11,19,24H,3-6,9-10H2,1-2H3. The summed E-state index contributed by atoms with van der Waals surface area (Å²) in [5.41, 5.74) is 2.44. The number of nitrogens with one attached hydrogen (secondary N) is 1. The van der Waals surface area contributed by atoms with Crippen LogP contribution < -0.4 is 5.32 Å². The molecule has 0 spiro atoms. The Morgan fingerprint density at radius 2 is 2.07 bits per heavy atom. The molecule has 4 nitrogen and oxygen atoms in total. The van der Waals surface area contributed by atoms with Gasteiger partial charge in [-0.05, 0) is 43.2 Å². The predicted octanol–water partition coefficient (Wildman–Crippen LogP) is 4.23. The Hall–Kier alpha value is -2.15. The van der Waals surface area contributed by atoms with Gasteiger partial charge in [0, 0.05) is 35.1 Å². The van der Waals surface area contributed by atoms with Gasteiger partial charge in [0.1, 0.15) is 6.61 Å². The molecule has 0 bridgehead atoms. The average molecular weight is 407 g/mol. The predicted molar refractivity (Wildman–Crippen MR) is 105 cm³/mol. The van der Waals surface area contributed by atoms with Crippen LogP contribution in [0.25, 0.3) is 0 Å². The molecular formula is C21H23F2NO3S. The van der Waals surface area contributed by atoms with Gasteiger partial charge in [-0.3, -0.25) is 4.79 Å². The zero-order valence-corrected chi connectivity index (χ0v) is 16.8. The Balaban J connectivity index is 2.01. The van der Waals surface area contributed by atoms with E-state index in [2.05, 4.69) is 5.32 Å². The van der Waals surface area contributed by atoms with Crippen LogP contribution in [0.3, 0.4) is 0 Å². The fraction of sp³-hybridized carbons (Fsp3) is 0.429. The van der Waals surface area contributed by atoms with Crippen molar-refractivity contribution >= 4 is 23.5 Å². The van der Waals surface area contributed by atoms with E-state index in [9.17, 15) is 18.4 Å². The highest BCUT2D eigenvalue weighted by molar-refractivity contribution is 7.99. The molecule has 3 rings (SSSR count). The van der Waals surface area contributed by atoms with Crippen LogP contribution in [0.5, 0.6) is 0 Å². The highest BCUT2D eigenvalue weighted by Crippen LogP contribution is 2.42. The monoisotopic (exact) mass is 407 g/mol. The lowest BCUT2D eigenvalue weighted by Crippen LogP contribution is -2.34. The number of carbonyl (C=O) groups is 2. The normalized spacial score (nSPS) is 19.4. The molecule has 1 unspecified atom stereocenters. The molecule has 7 heteroatoms. The lowest BCUT2D eigenvalue weighted by molar-refractivity contribution is -0.138. The van der Waals surface area contributed by atoms with Crippen LogP contribution in [0, 0.1) is 11.6 Å². The largest absolute Gasteiger partial charge is 0.461 e. The molecule has 1 aromatic carbocycles. The molecule has 0 aromatic heterocycles. The molecule has 0 saturated heterocycles. The van der Waals surface area contributed by atoms with Gasteiger partial charge in [0.05, 0.1) is 5.57 Å². The minimum atomic E-state index is -1.01. The third kappa shape index (κ3) is 4.14. The number of ketones is 1. The number of ether oxygens (including phenoxy) is 1. The first-order chi connectivity index (χ1) is 13.4. The molecule has 1 aliphatic heterocycles. The van der Waals surface area contributed by atoms with Crippen molar-refractivity contribution in [1.29, 1.82) is 0 Å². The number of allylic oxidation sites excluding steroid dienone is 3. The maximum Gasteiger partial charge on any atom is 0.336 e. The quantitative estimate of drug-likeness (QED) is 0.565. The molecule has 1 aliphatic carbocycles. The second kappa shape index (κ2) is 8.90. The zero-order valence-electron chi connectivity index (χ0n) is 15.9. The number of benzene rings is 1. The van der Waals surface area contributed by atoms with Crippen molar-refractivity contribution in [3.63, 3.8) is 0 Å². The van der Waals surface area contributed by atoms with E-state index >= 15 is 0 Å². The van der Waals surface area contributed by atoms with Gasteiger partial charge in [-0.25, -0.2) is 13.6 Å². The molecule has 150 valence electrons. The molecule has 28 heavy (non-hydrogen) atoms. The van der Waals surface area contributed by atoms with Crippen molar-refractivity contribution in [2.24, 2.45) is 0 Å². The summed E-state index contributed by atoms with van der Waals surface area (Å²) in [4.78, 5) is 25.6. The van der Waals surface area contributed by atoms with E-state index in [0.29, 0.717) is 35.4 Å². The minimum Gasteiger partial charge on any atom is -0.461 e. The summed E-state index contributed by atoms with van der Waals surface area (Å²) in [5.74, 6) is -1.77. The van der Waals surface area contributed by atoms with Crippen molar-refractivity contribution in [2.45, 2.75) is 39.0 Å². The summed E-state index contributed by atoms with van der Waals surface area (Å²) < 4.78 is 32.8. The van der Waals surface area contributed by atoms with E-state index in [1.54, 1.807) is 18.7 Å². The van der Waals surface area contributed by atoms with Gasteiger partial charge in [0.25, 0.3) is 0 Å². The molecule has 0 saturated carbocycles. The van der Waals surface area contributed by atoms with Crippen LogP contribution >= 0.6 is 11.8 Å². The van der Waals surface area contributed by atoms with Crippen LogP contribution in [0.4, 0.5) is 8.78 Å². The fourth-order valence-electron chi connectivity index (χ4n) is 3.69. The molecule has 1 heterocycles. The summed E-state index contributed by atoms with van der Waals surface area (Å²) in [6, 6.07) is 3.51. The Morgan fingerprint density at radius 1 is 1.29 bits per heavy atom. The van der Waals surface area contributed by atoms with Crippen LogP contribution in [0.1, 0.15) is 44.6 Å². The van der Waals surface area contributed by atoms with E-state index in [1.165, 1.54) is 6.07 Å².